The maximum atomic E-state index is 13.1. The molecule has 160 valence electrons. The van der Waals surface area contributed by atoms with Crippen LogP contribution in [0.1, 0.15) is 59.2 Å². The molecule has 0 fully saturated rings. The maximum absolute atomic E-state index is 13.1. The van der Waals surface area contributed by atoms with Crippen molar-refractivity contribution >= 4 is 11.7 Å². The summed E-state index contributed by atoms with van der Waals surface area (Å²) in [6, 6.07) is 6.89. The summed E-state index contributed by atoms with van der Waals surface area (Å²) in [5.74, 6) is 0.713. The molecule has 1 aromatic carbocycles. The van der Waals surface area contributed by atoms with Gasteiger partial charge in [0.25, 0.3) is 11.5 Å². The minimum Gasteiger partial charge on any atom is -0.493 e. The lowest BCUT2D eigenvalue weighted by molar-refractivity contribution is 0.0750. The van der Waals surface area contributed by atoms with Crippen molar-refractivity contribution in [2.45, 2.75) is 40.2 Å². The number of nitrogens with one attached hydrogen (secondary N) is 1. The van der Waals surface area contributed by atoms with Crippen molar-refractivity contribution in [3.63, 3.8) is 0 Å². The third kappa shape index (κ3) is 4.25. The van der Waals surface area contributed by atoms with Crippen molar-refractivity contribution in [3.05, 3.63) is 57.0 Å². The molecule has 2 aromatic rings. The second-order valence-electron chi connectivity index (χ2n) is 8.35. The van der Waals surface area contributed by atoms with Gasteiger partial charge in [0.15, 0.2) is 17.3 Å². The van der Waals surface area contributed by atoms with Crippen LogP contribution in [0.5, 0.6) is 11.5 Å². The number of ether oxygens (including phenoxy) is 2. The van der Waals surface area contributed by atoms with Gasteiger partial charge in [-0.25, -0.2) is 0 Å². The molecule has 1 aliphatic carbocycles. The molecule has 30 heavy (non-hydrogen) atoms. The Morgan fingerprint density at radius 1 is 1.10 bits per heavy atom. The van der Waals surface area contributed by atoms with E-state index in [1.165, 1.54) is 6.07 Å². The molecular weight excluding hydrogens is 384 g/mol. The summed E-state index contributed by atoms with van der Waals surface area (Å²) in [4.78, 5) is 42.7. The molecule has 1 heterocycles. The molecule has 0 bridgehead atoms. The van der Waals surface area contributed by atoms with Crippen LogP contribution in [0.2, 0.25) is 0 Å². The first-order chi connectivity index (χ1) is 14.2. The molecular formula is C23H28N2O5. The zero-order valence-electron chi connectivity index (χ0n) is 18.1. The summed E-state index contributed by atoms with van der Waals surface area (Å²) in [7, 11) is 3.11. The lowest BCUT2D eigenvalue weighted by Gasteiger charge is -2.30. The number of rotatable bonds is 6. The van der Waals surface area contributed by atoms with Gasteiger partial charge in [0.1, 0.15) is 5.56 Å². The van der Waals surface area contributed by atoms with Crippen LogP contribution in [0.4, 0.5) is 0 Å². The van der Waals surface area contributed by atoms with Gasteiger partial charge in [-0.3, -0.25) is 14.4 Å². The normalized spacial score (nSPS) is 14.8. The summed E-state index contributed by atoms with van der Waals surface area (Å²) in [6.45, 7) is 6.54. The summed E-state index contributed by atoms with van der Waals surface area (Å²) >= 11 is 0. The first kappa shape index (κ1) is 21.6. The molecule has 3 rings (SSSR count). The number of ketones is 1. The van der Waals surface area contributed by atoms with Crippen LogP contribution in [0.25, 0.3) is 0 Å². The van der Waals surface area contributed by atoms with Gasteiger partial charge in [-0.15, -0.1) is 0 Å². The van der Waals surface area contributed by atoms with Crippen LogP contribution in [-0.4, -0.2) is 42.3 Å². The minimum absolute atomic E-state index is 0.0101. The van der Waals surface area contributed by atoms with E-state index in [-0.39, 0.29) is 16.8 Å². The zero-order chi connectivity index (χ0) is 22.1. The van der Waals surface area contributed by atoms with Crippen LogP contribution in [0.3, 0.4) is 0 Å². The molecule has 0 unspecified atom stereocenters. The zero-order valence-corrected chi connectivity index (χ0v) is 18.1. The molecule has 7 nitrogen and oxygen atoms in total. The van der Waals surface area contributed by atoms with E-state index >= 15 is 0 Å². The third-order valence-corrected chi connectivity index (χ3v) is 5.44. The van der Waals surface area contributed by atoms with Crippen molar-refractivity contribution < 1.29 is 19.1 Å². The highest BCUT2D eigenvalue weighted by molar-refractivity contribution is 6.02. The molecule has 7 heteroatoms. The average molecular weight is 412 g/mol. The van der Waals surface area contributed by atoms with E-state index in [1.807, 2.05) is 26.8 Å². The fraction of sp³-hybridized carbons (Fsp3) is 0.435. The van der Waals surface area contributed by atoms with Crippen LogP contribution in [0.15, 0.2) is 29.1 Å². The Hall–Kier alpha value is -3.09. The number of hydrogen-bond donors (Lipinski definition) is 1. The lowest BCUT2D eigenvalue weighted by Crippen LogP contribution is -2.37. The highest BCUT2D eigenvalue weighted by atomic mass is 16.5. The van der Waals surface area contributed by atoms with Crippen LogP contribution < -0.4 is 15.0 Å². The monoisotopic (exact) mass is 412 g/mol. The predicted molar refractivity (Wildman–Crippen MR) is 113 cm³/mol. The SMILES string of the molecule is CCN(Cc1ccc(OC)c(OC)c1)C(=O)c1cc2c([nH]c1=O)CC(C)(C)CC2=O. The Balaban J connectivity index is 1.91. The second kappa shape index (κ2) is 8.34. The number of fused-ring (bicyclic) bond motifs is 1. The van der Waals surface area contributed by atoms with Gasteiger partial charge >= 0.3 is 0 Å². The lowest BCUT2D eigenvalue weighted by atomic mass is 9.75. The molecule has 0 saturated heterocycles. The average Bonchev–Trinajstić information content (AvgIpc) is 2.70. The number of carbonyl (C=O) groups is 2. The fourth-order valence-electron chi connectivity index (χ4n) is 3.88. The fourth-order valence-corrected chi connectivity index (χ4v) is 3.88. The van der Waals surface area contributed by atoms with E-state index in [9.17, 15) is 14.4 Å². The van der Waals surface area contributed by atoms with E-state index < -0.39 is 11.5 Å². The number of methoxy groups -OCH3 is 2. The number of Topliss-reactive ketones (excluding diaryl/α,β-unsaturated/α-hetero) is 1. The molecule has 1 N–H and O–H groups in total. The number of carbonyl (C=O) groups excluding carboxylic acids is 2. The summed E-state index contributed by atoms with van der Waals surface area (Å²) in [5, 5.41) is 0. The standard InChI is InChI=1S/C23H28N2O5/c1-6-25(13-14-7-8-19(29-4)20(9-14)30-5)22(28)16-10-15-17(24-21(16)27)11-23(2,3)12-18(15)26/h7-10H,6,11-13H2,1-5H3,(H,24,27). The highest BCUT2D eigenvalue weighted by Crippen LogP contribution is 2.33. The number of H-pyrrole nitrogens is 1. The Kier molecular flexibility index (Phi) is 6.01. The summed E-state index contributed by atoms with van der Waals surface area (Å²) in [6.07, 6.45) is 0.990. The van der Waals surface area contributed by atoms with Crippen molar-refractivity contribution in [2.75, 3.05) is 20.8 Å². The highest BCUT2D eigenvalue weighted by Gasteiger charge is 2.33. The van der Waals surface area contributed by atoms with E-state index in [0.29, 0.717) is 48.7 Å². The van der Waals surface area contributed by atoms with Gasteiger partial charge < -0.3 is 19.4 Å². The number of benzene rings is 1. The first-order valence-electron chi connectivity index (χ1n) is 9.98. The van der Waals surface area contributed by atoms with Gasteiger partial charge in [0.05, 0.1) is 14.2 Å². The quantitative estimate of drug-likeness (QED) is 0.787. The molecule has 1 amide bonds. The number of hydrogen-bond acceptors (Lipinski definition) is 5. The van der Waals surface area contributed by atoms with Crippen molar-refractivity contribution in [2.24, 2.45) is 5.41 Å². The molecule has 0 radical (unpaired) electrons. The van der Waals surface area contributed by atoms with Crippen LogP contribution in [0, 0.1) is 5.41 Å². The Morgan fingerprint density at radius 2 is 1.80 bits per heavy atom. The number of pyridine rings is 1. The first-order valence-corrected chi connectivity index (χ1v) is 9.98. The van der Waals surface area contributed by atoms with Gasteiger partial charge in [-0.05, 0) is 42.5 Å². The van der Waals surface area contributed by atoms with Gasteiger partial charge in [-0.2, -0.15) is 0 Å². The van der Waals surface area contributed by atoms with E-state index in [0.717, 1.165) is 5.56 Å². The number of nitrogens with zero attached hydrogens (tertiary/aromatic N) is 1. The van der Waals surface area contributed by atoms with Gasteiger partial charge in [0, 0.05) is 30.8 Å². The van der Waals surface area contributed by atoms with E-state index in [2.05, 4.69) is 4.98 Å². The molecule has 0 spiro atoms. The maximum Gasteiger partial charge on any atom is 0.261 e. The Labute approximate surface area is 176 Å². The van der Waals surface area contributed by atoms with Crippen molar-refractivity contribution in [3.8, 4) is 11.5 Å². The van der Waals surface area contributed by atoms with Crippen LogP contribution in [-0.2, 0) is 13.0 Å². The topological polar surface area (TPSA) is 88.7 Å². The summed E-state index contributed by atoms with van der Waals surface area (Å²) < 4.78 is 10.6. The number of aromatic amines is 1. The van der Waals surface area contributed by atoms with Gasteiger partial charge in [0.2, 0.25) is 0 Å². The van der Waals surface area contributed by atoms with Gasteiger partial charge in [-0.1, -0.05) is 19.9 Å². The number of amides is 1. The molecule has 1 aliphatic rings. The van der Waals surface area contributed by atoms with Crippen molar-refractivity contribution in [1.29, 1.82) is 0 Å². The summed E-state index contributed by atoms with van der Waals surface area (Å²) in [5.41, 5.74) is 1.22. The third-order valence-electron chi connectivity index (χ3n) is 5.44. The molecule has 0 aliphatic heterocycles. The number of aromatic nitrogens is 1. The predicted octanol–water partition coefficient (Wildman–Crippen LogP) is 3.21. The Morgan fingerprint density at radius 3 is 2.43 bits per heavy atom. The molecule has 1 aromatic heterocycles. The van der Waals surface area contributed by atoms with Crippen LogP contribution >= 0.6 is 0 Å². The van der Waals surface area contributed by atoms with E-state index in [1.54, 1.807) is 31.3 Å². The molecule has 0 atom stereocenters. The van der Waals surface area contributed by atoms with Crippen molar-refractivity contribution in [1.82, 2.24) is 9.88 Å². The molecule has 0 saturated carbocycles. The van der Waals surface area contributed by atoms with E-state index in [4.69, 9.17) is 9.47 Å². The largest absolute Gasteiger partial charge is 0.493 e. The minimum atomic E-state index is -0.463. The second-order valence-corrected chi connectivity index (χ2v) is 8.35. The smallest absolute Gasteiger partial charge is 0.261 e. The Bertz CT molecular complexity index is 1040.